The van der Waals surface area contributed by atoms with Crippen LogP contribution in [0.4, 0.5) is 0 Å². The summed E-state index contributed by atoms with van der Waals surface area (Å²) in [7, 11) is 0. The molecule has 0 unspecified atom stereocenters. The van der Waals surface area contributed by atoms with Crippen LogP contribution in [0, 0.1) is 0 Å². The molecule has 0 fully saturated rings. The van der Waals surface area contributed by atoms with Crippen LogP contribution in [-0.4, -0.2) is 27.9 Å². The minimum Gasteiger partial charge on any atom is -0.488 e. The third kappa shape index (κ3) is 2.20. The average molecular weight is 293 g/mol. The monoisotopic (exact) mass is 293 g/mol. The van der Waals surface area contributed by atoms with Gasteiger partial charge in [-0.05, 0) is 23.8 Å². The van der Waals surface area contributed by atoms with Gasteiger partial charge in [-0.3, -0.25) is 9.20 Å². The van der Waals surface area contributed by atoms with Crippen molar-refractivity contribution >= 4 is 11.6 Å². The Kier molecular flexibility index (Phi) is 3.04. The number of aromatic nitrogens is 2. The van der Waals surface area contributed by atoms with Gasteiger partial charge in [-0.25, -0.2) is 4.98 Å². The van der Waals surface area contributed by atoms with Crippen LogP contribution in [-0.2, 0) is 6.42 Å². The second-order valence-electron chi connectivity index (χ2n) is 5.33. The number of pyridine rings is 1. The Hall–Kier alpha value is -2.82. The quantitative estimate of drug-likeness (QED) is 0.804. The van der Waals surface area contributed by atoms with Crippen LogP contribution in [0.3, 0.4) is 0 Å². The zero-order chi connectivity index (χ0) is 14.9. The summed E-state index contributed by atoms with van der Waals surface area (Å²) < 4.78 is 7.60. The lowest BCUT2D eigenvalue weighted by molar-refractivity contribution is 0.0927. The van der Waals surface area contributed by atoms with Crippen molar-refractivity contribution in [1.29, 1.82) is 0 Å². The highest BCUT2D eigenvalue weighted by molar-refractivity contribution is 5.93. The van der Waals surface area contributed by atoms with Gasteiger partial charge in [0, 0.05) is 12.6 Å². The summed E-state index contributed by atoms with van der Waals surface area (Å²) in [6.07, 6.45) is 4.23. The van der Waals surface area contributed by atoms with Crippen molar-refractivity contribution in [2.45, 2.75) is 12.5 Å². The van der Waals surface area contributed by atoms with Gasteiger partial charge in [0.15, 0.2) is 0 Å². The highest BCUT2D eigenvalue weighted by atomic mass is 16.5. The molecule has 3 aromatic rings. The predicted octanol–water partition coefficient (Wildman–Crippen LogP) is 2.07. The summed E-state index contributed by atoms with van der Waals surface area (Å²) in [6, 6.07) is 13.6. The van der Waals surface area contributed by atoms with Crippen molar-refractivity contribution in [3.8, 4) is 5.75 Å². The Morgan fingerprint density at radius 3 is 3.05 bits per heavy atom. The molecule has 0 radical (unpaired) electrons. The lowest BCUT2D eigenvalue weighted by Gasteiger charge is -2.11. The van der Waals surface area contributed by atoms with Gasteiger partial charge in [0.25, 0.3) is 5.91 Å². The molecule has 5 nitrogen and oxygen atoms in total. The number of amides is 1. The molecule has 3 heterocycles. The van der Waals surface area contributed by atoms with Crippen LogP contribution in [0.5, 0.6) is 5.75 Å². The van der Waals surface area contributed by atoms with Gasteiger partial charge in [-0.1, -0.05) is 24.3 Å². The van der Waals surface area contributed by atoms with Crippen LogP contribution in [0.2, 0.25) is 0 Å². The van der Waals surface area contributed by atoms with Gasteiger partial charge in [0.1, 0.15) is 23.2 Å². The van der Waals surface area contributed by atoms with Crippen LogP contribution in [0.25, 0.3) is 5.65 Å². The highest BCUT2D eigenvalue weighted by Gasteiger charge is 2.23. The molecule has 22 heavy (non-hydrogen) atoms. The third-order valence-electron chi connectivity index (χ3n) is 3.85. The smallest absolute Gasteiger partial charge is 0.270 e. The fourth-order valence-corrected chi connectivity index (χ4v) is 2.77. The molecule has 0 saturated carbocycles. The van der Waals surface area contributed by atoms with Crippen molar-refractivity contribution in [3.05, 3.63) is 66.1 Å². The van der Waals surface area contributed by atoms with Gasteiger partial charge in [-0.2, -0.15) is 0 Å². The number of carbonyl (C=O) groups is 1. The van der Waals surface area contributed by atoms with Gasteiger partial charge < -0.3 is 10.1 Å². The molecule has 0 saturated heterocycles. The van der Waals surface area contributed by atoms with Crippen molar-refractivity contribution in [2.24, 2.45) is 0 Å². The number of carbonyl (C=O) groups excluding carboxylic acids is 1. The van der Waals surface area contributed by atoms with E-state index < -0.39 is 0 Å². The van der Waals surface area contributed by atoms with E-state index in [0.717, 1.165) is 17.8 Å². The molecule has 5 heteroatoms. The molecule has 1 atom stereocenters. The van der Waals surface area contributed by atoms with Gasteiger partial charge in [-0.15, -0.1) is 0 Å². The molecule has 110 valence electrons. The molecule has 0 spiro atoms. The molecule has 0 aliphatic carbocycles. The van der Waals surface area contributed by atoms with Crippen LogP contribution < -0.4 is 10.1 Å². The molecule has 1 aliphatic rings. The Morgan fingerprint density at radius 1 is 1.27 bits per heavy atom. The lowest BCUT2D eigenvalue weighted by Crippen LogP contribution is -2.34. The second kappa shape index (κ2) is 5.18. The summed E-state index contributed by atoms with van der Waals surface area (Å²) in [4.78, 5) is 16.5. The maximum atomic E-state index is 12.3. The number of hydrogen-bond acceptors (Lipinski definition) is 3. The third-order valence-corrected chi connectivity index (χ3v) is 3.85. The highest BCUT2D eigenvalue weighted by Crippen LogP contribution is 2.27. The van der Waals surface area contributed by atoms with E-state index in [2.05, 4.69) is 16.4 Å². The maximum absolute atomic E-state index is 12.3. The first-order chi connectivity index (χ1) is 10.8. The fourth-order valence-electron chi connectivity index (χ4n) is 2.77. The summed E-state index contributed by atoms with van der Waals surface area (Å²) in [5, 5.41) is 2.93. The number of imidazole rings is 1. The Balaban J connectivity index is 1.43. The Labute approximate surface area is 127 Å². The van der Waals surface area contributed by atoms with Crippen LogP contribution in [0.1, 0.15) is 16.1 Å². The molecule has 2 aromatic heterocycles. The first kappa shape index (κ1) is 12.9. The van der Waals surface area contributed by atoms with Gasteiger partial charge in [0.2, 0.25) is 0 Å². The standard InChI is InChI=1S/C17H15N3O2/c21-17(14-11-18-16-7-3-4-8-20(14)16)19-10-13-9-12-5-1-2-6-15(12)22-13/h1-8,11,13H,9-10H2,(H,19,21)/t13-/m0/s1. The van der Waals surface area contributed by atoms with Gasteiger partial charge >= 0.3 is 0 Å². The zero-order valence-electron chi connectivity index (χ0n) is 11.9. The normalized spacial score (nSPS) is 16.3. The molecular weight excluding hydrogens is 278 g/mol. The van der Waals surface area contributed by atoms with Crippen molar-refractivity contribution < 1.29 is 9.53 Å². The molecule has 1 aliphatic heterocycles. The molecular formula is C17H15N3O2. The van der Waals surface area contributed by atoms with Crippen molar-refractivity contribution in [1.82, 2.24) is 14.7 Å². The Morgan fingerprint density at radius 2 is 2.14 bits per heavy atom. The fraction of sp³-hybridized carbons (Fsp3) is 0.176. The Bertz CT molecular complexity index is 816. The number of rotatable bonds is 3. The van der Waals surface area contributed by atoms with Crippen LogP contribution in [0.15, 0.2) is 54.9 Å². The van der Waals surface area contributed by atoms with E-state index in [0.29, 0.717) is 12.2 Å². The number of nitrogens with one attached hydrogen (secondary N) is 1. The zero-order valence-corrected chi connectivity index (χ0v) is 11.9. The predicted molar refractivity (Wildman–Crippen MR) is 82.1 cm³/mol. The first-order valence-electron chi connectivity index (χ1n) is 7.26. The molecule has 1 amide bonds. The van der Waals surface area contributed by atoms with E-state index in [1.54, 1.807) is 10.6 Å². The SMILES string of the molecule is O=C(NC[C@@H]1Cc2ccccc2O1)c1cnc2ccccn12. The largest absolute Gasteiger partial charge is 0.488 e. The van der Waals surface area contributed by atoms with E-state index in [-0.39, 0.29) is 12.0 Å². The summed E-state index contributed by atoms with van der Waals surface area (Å²) in [6.45, 7) is 0.480. The van der Waals surface area contributed by atoms with Crippen molar-refractivity contribution in [3.63, 3.8) is 0 Å². The minimum absolute atomic E-state index is 0.0134. The molecule has 0 bridgehead atoms. The number of para-hydroxylation sites is 1. The summed E-state index contributed by atoms with van der Waals surface area (Å²) in [5.41, 5.74) is 2.49. The maximum Gasteiger partial charge on any atom is 0.270 e. The van der Waals surface area contributed by atoms with Gasteiger partial charge in [0.05, 0.1) is 12.7 Å². The van der Waals surface area contributed by atoms with E-state index in [9.17, 15) is 4.79 Å². The lowest BCUT2D eigenvalue weighted by atomic mass is 10.1. The first-order valence-corrected chi connectivity index (χ1v) is 7.26. The number of fused-ring (bicyclic) bond motifs is 2. The number of nitrogens with zero attached hydrogens (tertiary/aromatic N) is 2. The number of hydrogen-bond donors (Lipinski definition) is 1. The van der Waals surface area contributed by atoms with Crippen LogP contribution >= 0.6 is 0 Å². The van der Waals surface area contributed by atoms with E-state index >= 15 is 0 Å². The van der Waals surface area contributed by atoms with E-state index in [1.165, 1.54) is 5.56 Å². The molecule has 1 N–H and O–H groups in total. The summed E-state index contributed by atoms with van der Waals surface area (Å²) in [5.74, 6) is 0.773. The molecule has 4 rings (SSSR count). The van der Waals surface area contributed by atoms with E-state index in [4.69, 9.17) is 4.74 Å². The second-order valence-corrected chi connectivity index (χ2v) is 5.33. The topological polar surface area (TPSA) is 55.6 Å². The minimum atomic E-state index is -0.141. The average Bonchev–Trinajstić information content (AvgIpc) is 3.16. The van der Waals surface area contributed by atoms with Crippen molar-refractivity contribution in [2.75, 3.05) is 6.54 Å². The number of ether oxygens (including phenoxy) is 1. The molecule has 1 aromatic carbocycles. The van der Waals surface area contributed by atoms with E-state index in [1.807, 2.05) is 42.6 Å². The summed E-state index contributed by atoms with van der Waals surface area (Å²) >= 11 is 0. The number of benzene rings is 1.